The van der Waals surface area contributed by atoms with E-state index in [1.807, 2.05) is 25.1 Å². The van der Waals surface area contributed by atoms with Crippen molar-refractivity contribution < 1.29 is 4.92 Å². The third kappa shape index (κ3) is 3.86. The highest BCUT2D eigenvalue weighted by Crippen LogP contribution is 2.28. The zero-order valence-electron chi connectivity index (χ0n) is 14.0. The number of benzene rings is 1. The van der Waals surface area contributed by atoms with Crippen molar-refractivity contribution in [1.82, 2.24) is 4.98 Å². The standard InChI is InChI=1S/C18H19N5O2/c1-13-3-2-4-18(20-13)21-15-7-9-22(10-8-15)17-6-5-16(23(24)25)11-14(17)12-19/h2-6,11,15H,7-10H2,1H3,(H,20,21). The molecule has 1 aliphatic rings. The lowest BCUT2D eigenvalue weighted by Gasteiger charge is -2.34. The topological polar surface area (TPSA) is 95.1 Å². The summed E-state index contributed by atoms with van der Waals surface area (Å²) in [6.45, 7) is 3.54. The number of aryl methyl sites for hydroxylation is 1. The second-order valence-corrected chi connectivity index (χ2v) is 6.14. The van der Waals surface area contributed by atoms with Crippen LogP contribution in [0.5, 0.6) is 0 Å². The Balaban J connectivity index is 1.66. The summed E-state index contributed by atoms with van der Waals surface area (Å²) < 4.78 is 0. The smallest absolute Gasteiger partial charge is 0.270 e. The monoisotopic (exact) mass is 337 g/mol. The molecule has 0 atom stereocenters. The van der Waals surface area contributed by atoms with E-state index in [1.165, 1.54) is 12.1 Å². The fourth-order valence-corrected chi connectivity index (χ4v) is 3.10. The van der Waals surface area contributed by atoms with Gasteiger partial charge in [-0.05, 0) is 38.0 Å². The lowest BCUT2D eigenvalue weighted by atomic mass is 10.0. The summed E-state index contributed by atoms with van der Waals surface area (Å²) in [5, 5.41) is 23.6. The number of nitrogens with zero attached hydrogens (tertiary/aromatic N) is 4. The van der Waals surface area contributed by atoms with Gasteiger partial charge in [0.15, 0.2) is 0 Å². The average Bonchev–Trinajstić information content (AvgIpc) is 2.62. The highest BCUT2D eigenvalue weighted by atomic mass is 16.6. The second kappa shape index (κ2) is 7.18. The predicted molar refractivity (Wildman–Crippen MR) is 95.6 cm³/mol. The minimum absolute atomic E-state index is 0.0534. The number of non-ortho nitro benzene ring substituents is 1. The number of hydrogen-bond donors (Lipinski definition) is 1. The van der Waals surface area contributed by atoms with Crippen LogP contribution in [0.3, 0.4) is 0 Å². The molecule has 1 saturated heterocycles. The van der Waals surface area contributed by atoms with Gasteiger partial charge in [0.05, 0.1) is 16.2 Å². The summed E-state index contributed by atoms with van der Waals surface area (Å²) in [5.74, 6) is 0.881. The number of hydrogen-bond acceptors (Lipinski definition) is 6. The molecule has 128 valence electrons. The van der Waals surface area contributed by atoms with Crippen LogP contribution in [0.15, 0.2) is 36.4 Å². The van der Waals surface area contributed by atoms with E-state index in [0.717, 1.165) is 43.1 Å². The van der Waals surface area contributed by atoms with E-state index >= 15 is 0 Å². The van der Waals surface area contributed by atoms with Gasteiger partial charge in [0.25, 0.3) is 5.69 Å². The molecule has 3 rings (SSSR count). The van der Waals surface area contributed by atoms with Crippen LogP contribution >= 0.6 is 0 Å². The summed E-state index contributed by atoms with van der Waals surface area (Å²) in [6.07, 6.45) is 1.83. The molecule has 2 heterocycles. The van der Waals surface area contributed by atoms with E-state index in [-0.39, 0.29) is 5.69 Å². The molecule has 0 saturated carbocycles. The van der Waals surface area contributed by atoms with E-state index in [2.05, 4.69) is 21.3 Å². The van der Waals surface area contributed by atoms with Crippen LogP contribution in [-0.4, -0.2) is 29.0 Å². The fraction of sp³-hybridized carbons (Fsp3) is 0.333. The molecule has 0 amide bonds. The van der Waals surface area contributed by atoms with Crippen LogP contribution in [0, 0.1) is 28.4 Å². The number of pyridine rings is 1. The maximum Gasteiger partial charge on any atom is 0.270 e. The van der Waals surface area contributed by atoms with E-state index < -0.39 is 4.92 Å². The number of aromatic nitrogens is 1. The van der Waals surface area contributed by atoms with Crippen LogP contribution in [0.2, 0.25) is 0 Å². The SMILES string of the molecule is Cc1cccc(NC2CCN(c3ccc([N+](=O)[O-])cc3C#N)CC2)n1. The molecular formula is C18H19N5O2. The van der Waals surface area contributed by atoms with Gasteiger partial charge in [0.1, 0.15) is 11.9 Å². The minimum Gasteiger partial charge on any atom is -0.370 e. The molecule has 0 bridgehead atoms. The van der Waals surface area contributed by atoms with Gasteiger partial charge in [-0.25, -0.2) is 4.98 Å². The van der Waals surface area contributed by atoms with Crippen LogP contribution in [-0.2, 0) is 0 Å². The van der Waals surface area contributed by atoms with E-state index in [9.17, 15) is 15.4 Å². The first-order valence-electron chi connectivity index (χ1n) is 8.20. The van der Waals surface area contributed by atoms with Crippen molar-refractivity contribution in [2.75, 3.05) is 23.3 Å². The van der Waals surface area contributed by atoms with E-state index in [0.29, 0.717) is 11.6 Å². The number of nitrogens with one attached hydrogen (secondary N) is 1. The third-order valence-corrected chi connectivity index (χ3v) is 4.39. The maximum absolute atomic E-state index is 10.9. The Morgan fingerprint density at radius 2 is 2.08 bits per heavy atom. The molecule has 25 heavy (non-hydrogen) atoms. The molecule has 1 aliphatic heterocycles. The molecule has 1 aromatic heterocycles. The molecule has 0 unspecified atom stereocenters. The van der Waals surface area contributed by atoms with Crippen molar-refractivity contribution in [3.05, 3.63) is 57.8 Å². The third-order valence-electron chi connectivity index (χ3n) is 4.39. The van der Waals surface area contributed by atoms with Crippen LogP contribution in [0.25, 0.3) is 0 Å². The van der Waals surface area contributed by atoms with Crippen molar-refractivity contribution in [3.8, 4) is 6.07 Å². The summed E-state index contributed by atoms with van der Waals surface area (Å²) >= 11 is 0. The molecule has 0 radical (unpaired) electrons. The highest BCUT2D eigenvalue weighted by Gasteiger charge is 2.22. The summed E-state index contributed by atoms with van der Waals surface area (Å²) in [6, 6.07) is 12.8. The largest absolute Gasteiger partial charge is 0.370 e. The highest BCUT2D eigenvalue weighted by molar-refractivity contribution is 5.63. The van der Waals surface area contributed by atoms with Gasteiger partial charge in [0, 0.05) is 37.0 Å². The van der Waals surface area contributed by atoms with Gasteiger partial charge in [-0.2, -0.15) is 5.26 Å². The molecule has 7 heteroatoms. The van der Waals surface area contributed by atoms with Crippen molar-refractivity contribution in [2.24, 2.45) is 0 Å². The first-order chi connectivity index (χ1) is 12.1. The lowest BCUT2D eigenvalue weighted by Crippen LogP contribution is -2.39. The Labute approximate surface area is 146 Å². The van der Waals surface area contributed by atoms with Crippen molar-refractivity contribution in [2.45, 2.75) is 25.8 Å². The van der Waals surface area contributed by atoms with Crippen molar-refractivity contribution in [1.29, 1.82) is 5.26 Å². The van der Waals surface area contributed by atoms with Gasteiger partial charge in [-0.1, -0.05) is 6.07 Å². The Morgan fingerprint density at radius 1 is 1.32 bits per heavy atom. The van der Waals surface area contributed by atoms with Gasteiger partial charge in [-0.3, -0.25) is 10.1 Å². The number of rotatable bonds is 4. The number of anilines is 2. The van der Waals surface area contributed by atoms with Gasteiger partial charge in [0.2, 0.25) is 0 Å². The Kier molecular flexibility index (Phi) is 4.80. The van der Waals surface area contributed by atoms with E-state index in [4.69, 9.17) is 0 Å². The Bertz CT molecular complexity index is 822. The molecule has 1 aromatic carbocycles. The quantitative estimate of drug-likeness (QED) is 0.680. The zero-order chi connectivity index (χ0) is 17.8. The molecule has 2 aromatic rings. The number of piperidine rings is 1. The Hall–Kier alpha value is -3.14. The minimum atomic E-state index is -0.477. The van der Waals surface area contributed by atoms with Gasteiger partial charge in [-0.15, -0.1) is 0 Å². The van der Waals surface area contributed by atoms with E-state index in [1.54, 1.807) is 6.07 Å². The van der Waals surface area contributed by atoms with Gasteiger partial charge >= 0.3 is 0 Å². The van der Waals surface area contributed by atoms with Crippen molar-refractivity contribution in [3.63, 3.8) is 0 Å². The molecule has 7 nitrogen and oxygen atoms in total. The first kappa shape index (κ1) is 16.7. The Morgan fingerprint density at radius 3 is 2.72 bits per heavy atom. The van der Waals surface area contributed by atoms with Crippen LogP contribution in [0.1, 0.15) is 24.1 Å². The molecule has 0 aliphatic carbocycles. The van der Waals surface area contributed by atoms with Crippen LogP contribution < -0.4 is 10.2 Å². The summed E-state index contributed by atoms with van der Waals surface area (Å²) in [5.41, 5.74) is 2.04. The second-order valence-electron chi connectivity index (χ2n) is 6.14. The zero-order valence-corrected chi connectivity index (χ0v) is 14.0. The van der Waals surface area contributed by atoms with Crippen LogP contribution in [0.4, 0.5) is 17.2 Å². The number of nitro groups is 1. The summed E-state index contributed by atoms with van der Waals surface area (Å²) in [4.78, 5) is 17.0. The predicted octanol–water partition coefficient (Wildman–Crippen LogP) is 3.25. The normalized spacial score (nSPS) is 14.8. The molecule has 1 N–H and O–H groups in total. The van der Waals surface area contributed by atoms with Gasteiger partial charge < -0.3 is 10.2 Å². The molecule has 0 spiro atoms. The first-order valence-corrected chi connectivity index (χ1v) is 8.20. The summed E-state index contributed by atoms with van der Waals surface area (Å²) in [7, 11) is 0. The van der Waals surface area contributed by atoms with Crippen molar-refractivity contribution >= 4 is 17.2 Å². The molecule has 1 fully saturated rings. The molecular weight excluding hydrogens is 318 g/mol. The average molecular weight is 337 g/mol. The lowest BCUT2D eigenvalue weighted by molar-refractivity contribution is -0.384. The maximum atomic E-state index is 10.9. The number of nitro benzene ring substituents is 1. The fourth-order valence-electron chi connectivity index (χ4n) is 3.10. The number of nitriles is 1.